The highest BCUT2D eigenvalue weighted by molar-refractivity contribution is 7.92. The summed E-state index contributed by atoms with van der Waals surface area (Å²) in [5, 5.41) is 3.49. The van der Waals surface area contributed by atoms with E-state index in [9.17, 15) is 18.0 Å². The molecule has 0 aliphatic carbocycles. The first kappa shape index (κ1) is 29.5. The predicted molar refractivity (Wildman–Crippen MR) is 152 cm³/mol. The van der Waals surface area contributed by atoms with Gasteiger partial charge in [-0.1, -0.05) is 66.5 Å². The quantitative estimate of drug-likeness (QED) is 0.330. The zero-order valence-electron chi connectivity index (χ0n) is 21.5. The number of halogens is 2. The van der Waals surface area contributed by atoms with Crippen LogP contribution in [0.4, 0.5) is 5.69 Å². The van der Waals surface area contributed by atoms with Crippen LogP contribution in [-0.4, -0.2) is 44.3 Å². The largest absolute Gasteiger partial charge is 0.354 e. The lowest BCUT2D eigenvalue weighted by Gasteiger charge is -2.32. The molecule has 10 heteroatoms. The van der Waals surface area contributed by atoms with Gasteiger partial charge in [0.1, 0.15) is 12.6 Å². The molecule has 3 aromatic carbocycles. The molecular formula is C28H31Cl2N3O4S. The summed E-state index contributed by atoms with van der Waals surface area (Å²) in [5.74, 6) is -0.885. The smallest absolute Gasteiger partial charge is 0.264 e. The Balaban J connectivity index is 2.02. The number of rotatable bonds is 11. The van der Waals surface area contributed by atoms with Crippen molar-refractivity contribution in [2.75, 3.05) is 17.4 Å². The molecule has 0 saturated carbocycles. The Morgan fingerprint density at radius 3 is 2.29 bits per heavy atom. The lowest BCUT2D eigenvalue weighted by molar-refractivity contribution is -0.139. The van der Waals surface area contributed by atoms with E-state index >= 15 is 0 Å². The van der Waals surface area contributed by atoms with Crippen molar-refractivity contribution in [3.63, 3.8) is 0 Å². The van der Waals surface area contributed by atoms with Crippen molar-refractivity contribution in [1.29, 1.82) is 0 Å². The third-order valence-electron chi connectivity index (χ3n) is 5.95. The SMILES string of the molecule is CCCNC(=O)C(C)N(Cc1ccc(Cl)c(Cl)c1)C(=O)CN(c1cccc(C)c1)S(=O)(=O)c1ccccc1. The number of aryl methyl sites for hydroxylation is 1. The molecule has 1 atom stereocenters. The first-order chi connectivity index (χ1) is 18.0. The van der Waals surface area contributed by atoms with E-state index in [2.05, 4.69) is 5.32 Å². The van der Waals surface area contributed by atoms with Gasteiger partial charge in [-0.25, -0.2) is 8.42 Å². The molecular weight excluding hydrogens is 545 g/mol. The van der Waals surface area contributed by atoms with Crippen LogP contribution in [0.3, 0.4) is 0 Å². The number of anilines is 1. The lowest BCUT2D eigenvalue weighted by atomic mass is 10.1. The van der Waals surface area contributed by atoms with Gasteiger partial charge in [0.2, 0.25) is 11.8 Å². The van der Waals surface area contributed by atoms with Gasteiger partial charge in [-0.15, -0.1) is 0 Å². The molecule has 0 bridgehead atoms. The topological polar surface area (TPSA) is 86.8 Å². The molecule has 0 aromatic heterocycles. The van der Waals surface area contributed by atoms with E-state index in [0.29, 0.717) is 27.8 Å². The molecule has 0 heterocycles. The summed E-state index contributed by atoms with van der Waals surface area (Å²) in [6, 6.07) is 18.9. The fourth-order valence-corrected chi connectivity index (χ4v) is 5.59. The second-order valence-electron chi connectivity index (χ2n) is 8.90. The summed E-state index contributed by atoms with van der Waals surface area (Å²) in [5.41, 5.74) is 1.83. The molecule has 7 nitrogen and oxygen atoms in total. The summed E-state index contributed by atoms with van der Waals surface area (Å²) in [6.45, 7) is 5.36. The molecule has 1 N–H and O–H groups in total. The highest BCUT2D eigenvalue weighted by Gasteiger charge is 2.32. The van der Waals surface area contributed by atoms with E-state index in [1.807, 2.05) is 19.9 Å². The number of carbonyl (C=O) groups excluding carboxylic acids is 2. The average Bonchev–Trinajstić information content (AvgIpc) is 2.90. The van der Waals surface area contributed by atoms with Crippen LogP contribution in [0.15, 0.2) is 77.7 Å². The first-order valence-corrected chi connectivity index (χ1v) is 14.4. The van der Waals surface area contributed by atoms with Crippen molar-refractivity contribution in [2.45, 2.75) is 44.7 Å². The van der Waals surface area contributed by atoms with E-state index in [-0.39, 0.29) is 17.3 Å². The molecule has 0 radical (unpaired) electrons. The fraction of sp³-hybridized carbons (Fsp3) is 0.286. The second-order valence-corrected chi connectivity index (χ2v) is 11.6. The number of hydrogen-bond acceptors (Lipinski definition) is 4. The van der Waals surface area contributed by atoms with Crippen LogP contribution in [0.25, 0.3) is 0 Å². The number of nitrogens with zero attached hydrogens (tertiary/aromatic N) is 2. The molecule has 0 saturated heterocycles. The van der Waals surface area contributed by atoms with Crippen molar-refractivity contribution >= 4 is 50.7 Å². The van der Waals surface area contributed by atoms with Crippen molar-refractivity contribution in [1.82, 2.24) is 10.2 Å². The molecule has 1 unspecified atom stereocenters. The third kappa shape index (κ3) is 7.28. The summed E-state index contributed by atoms with van der Waals surface area (Å²) in [7, 11) is -4.10. The average molecular weight is 577 g/mol. The summed E-state index contributed by atoms with van der Waals surface area (Å²) in [4.78, 5) is 28.2. The van der Waals surface area contributed by atoms with Gasteiger partial charge in [0, 0.05) is 13.1 Å². The molecule has 3 rings (SSSR count). The monoisotopic (exact) mass is 575 g/mol. The van der Waals surface area contributed by atoms with Crippen LogP contribution in [-0.2, 0) is 26.2 Å². The van der Waals surface area contributed by atoms with Crippen LogP contribution in [0.5, 0.6) is 0 Å². The van der Waals surface area contributed by atoms with Gasteiger partial charge in [0.25, 0.3) is 10.0 Å². The Labute approximate surface area is 234 Å². The number of carbonyl (C=O) groups is 2. The Morgan fingerprint density at radius 1 is 0.947 bits per heavy atom. The number of nitrogens with one attached hydrogen (secondary N) is 1. The highest BCUT2D eigenvalue weighted by atomic mass is 35.5. The minimum Gasteiger partial charge on any atom is -0.354 e. The molecule has 0 aliphatic rings. The maximum absolute atomic E-state index is 13.8. The van der Waals surface area contributed by atoms with Gasteiger partial charge in [-0.2, -0.15) is 0 Å². The van der Waals surface area contributed by atoms with E-state index in [1.165, 1.54) is 17.0 Å². The maximum Gasteiger partial charge on any atom is 0.264 e. The minimum atomic E-state index is -4.10. The Hall–Kier alpha value is -3.07. The molecule has 3 aromatic rings. The van der Waals surface area contributed by atoms with Crippen molar-refractivity contribution < 1.29 is 18.0 Å². The maximum atomic E-state index is 13.8. The van der Waals surface area contributed by atoms with Crippen molar-refractivity contribution in [3.8, 4) is 0 Å². The van der Waals surface area contributed by atoms with E-state index < -0.39 is 28.5 Å². The van der Waals surface area contributed by atoms with Crippen LogP contribution in [0.1, 0.15) is 31.4 Å². The Morgan fingerprint density at radius 2 is 1.66 bits per heavy atom. The first-order valence-electron chi connectivity index (χ1n) is 12.2. The highest BCUT2D eigenvalue weighted by Crippen LogP contribution is 2.26. The van der Waals surface area contributed by atoms with Gasteiger partial charge in [0.05, 0.1) is 20.6 Å². The Bertz CT molecular complexity index is 1380. The van der Waals surface area contributed by atoms with Crippen LogP contribution in [0, 0.1) is 6.92 Å². The number of sulfonamides is 1. The van der Waals surface area contributed by atoms with Crippen LogP contribution in [0.2, 0.25) is 10.0 Å². The van der Waals surface area contributed by atoms with Crippen molar-refractivity contribution in [2.24, 2.45) is 0 Å². The van der Waals surface area contributed by atoms with E-state index in [0.717, 1.165) is 16.3 Å². The van der Waals surface area contributed by atoms with Crippen LogP contribution >= 0.6 is 23.2 Å². The number of benzene rings is 3. The molecule has 2 amide bonds. The number of hydrogen-bond donors (Lipinski definition) is 1. The van der Waals surface area contributed by atoms with Gasteiger partial charge < -0.3 is 10.2 Å². The van der Waals surface area contributed by atoms with Crippen LogP contribution < -0.4 is 9.62 Å². The fourth-order valence-electron chi connectivity index (χ4n) is 3.84. The van der Waals surface area contributed by atoms with Gasteiger partial charge in [0.15, 0.2) is 0 Å². The summed E-state index contributed by atoms with van der Waals surface area (Å²) >= 11 is 12.2. The van der Waals surface area contributed by atoms with E-state index in [4.69, 9.17) is 23.2 Å². The van der Waals surface area contributed by atoms with Crippen molar-refractivity contribution in [3.05, 3.63) is 94.0 Å². The van der Waals surface area contributed by atoms with Gasteiger partial charge in [-0.05, 0) is 67.8 Å². The third-order valence-corrected chi connectivity index (χ3v) is 8.48. The number of amides is 2. The van der Waals surface area contributed by atoms with Gasteiger partial charge >= 0.3 is 0 Å². The summed E-state index contributed by atoms with van der Waals surface area (Å²) in [6.07, 6.45) is 0.732. The van der Waals surface area contributed by atoms with E-state index in [1.54, 1.807) is 61.5 Å². The Kier molecular flexibility index (Phi) is 10.2. The minimum absolute atomic E-state index is 0.0312. The molecule has 0 aliphatic heterocycles. The zero-order chi connectivity index (χ0) is 27.9. The second kappa shape index (κ2) is 13.1. The standard InChI is InChI=1S/C28H31Cl2N3O4S/c1-4-15-31-28(35)21(3)32(18-22-13-14-25(29)26(30)17-22)27(34)19-33(23-10-8-9-20(2)16-23)38(36,37)24-11-6-5-7-12-24/h5-14,16-17,21H,4,15,18-19H2,1-3H3,(H,31,35). The van der Waals surface area contributed by atoms with Gasteiger partial charge in [-0.3, -0.25) is 13.9 Å². The molecule has 202 valence electrons. The lowest BCUT2D eigenvalue weighted by Crippen LogP contribution is -2.51. The summed E-state index contributed by atoms with van der Waals surface area (Å²) < 4.78 is 28.5. The zero-order valence-corrected chi connectivity index (χ0v) is 23.9. The molecule has 0 fully saturated rings. The molecule has 0 spiro atoms. The predicted octanol–water partition coefficient (Wildman–Crippen LogP) is 5.44. The molecule has 38 heavy (non-hydrogen) atoms. The normalized spacial score (nSPS) is 12.0.